The summed E-state index contributed by atoms with van der Waals surface area (Å²) in [6.45, 7) is 12.0. The lowest BCUT2D eigenvalue weighted by molar-refractivity contribution is -0.0133. The fourth-order valence-electron chi connectivity index (χ4n) is 2.39. The van der Waals surface area contributed by atoms with Crippen LogP contribution < -0.4 is 4.74 Å². The summed E-state index contributed by atoms with van der Waals surface area (Å²) >= 11 is 0. The number of benzene rings is 1. The van der Waals surface area contributed by atoms with Crippen LogP contribution in [0.3, 0.4) is 0 Å². The number of rotatable bonds is 8. The van der Waals surface area contributed by atoms with Crippen molar-refractivity contribution in [3.8, 4) is 11.5 Å². The summed E-state index contributed by atoms with van der Waals surface area (Å²) in [6.07, 6.45) is 3.36. The first-order chi connectivity index (χ1) is 10.7. The highest BCUT2D eigenvalue weighted by Gasteiger charge is 2.27. The molecule has 23 heavy (non-hydrogen) atoms. The fraction of sp³-hybridized carbons (Fsp3) is 0.632. The van der Waals surface area contributed by atoms with Crippen LogP contribution >= 0.6 is 0 Å². The molecule has 0 saturated carbocycles. The summed E-state index contributed by atoms with van der Waals surface area (Å²) in [5.74, 6) is -0.0753. The van der Waals surface area contributed by atoms with Crippen LogP contribution in [0, 0.1) is 0 Å². The highest BCUT2D eigenvalue weighted by molar-refractivity contribution is 5.92. The lowest BCUT2D eigenvalue weighted by atomic mass is 10.00. The standard InChI is InChI=1S/C19H30O4/c1-7-12-18(4,5)22-14-10-11-15(16(20)13-14)17(21)23-19(6,8-2)9-3/h10-11,13,20H,7-9,12H2,1-6H3. The molecule has 0 atom stereocenters. The Labute approximate surface area is 139 Å². The molecular weight excluding hydrogens is 292 g/mol. The topological polar surface area (TPSA) is 55.8 Å². The Morgan fingerprint density at radius 2 is 1.74 bits per heavy atom. The summed E-state index contributed by atoms with van der Waals surface area (Å²) in [7, 11) is 0. The Bertz CT molecular complexity index is 530. The lowest BCUT2D eigenvalue weighted by Crippen LogP contribution is -2.30. The Balaban J connectivity index is 2.90. The summed E-state index contributed by atoms with van der Waals surface area (Å²) in [4.78, 5) is 12.3. The largest absolute Gasteiger partial charge is 0.507 e. The maximum atomic E-state index is 12.3. The van der Waals surface area contributed by atoms with E-state index in [2.05, 4.69) is 6.92 Å². The number of phenolic OH excluding ortho intramolecular Hbond substituents is 1. The zero-order valence-electron chi connectivity index (χ0n) is 15.2. The molecule has 0 radical (unpaired) electrons. The van der Waals surface area contributed by atoms with Crippen molar-refractivity contribution in [1.82, 2.24) is 0 Å². The Kier molecular flexibility index (Phi) is 6.48. The molecular formula is C19H30O4. The zero-order valence-corrected chi connectivity index (χ0v) is 15.2. The lowest BCUT2D eigenvalue weighted by Gasteiger charge is -2.27. The van der Waals surface area contributed by atoms with Crippen molar-refractivity contribution in [2.75, 3.05) is 0 Å². The molecule has 1 rings (SSSR count). The van der Waals surface area contributed by atoms with E-state index in [9.17, 15) is 9.90 Å². The van der Waals surface area contributed by atoms with E-state index in [4.69, 9.17) is 9.47 Å². The molecule has 4 nitrogen and oxygen atoms in total. The summed E-state index contributed by atoms with van der Waals surface area (Å²) in [5, 5.41) is 10.1. The van der Waals surface area contributed by atoms with Gasteiger partial charge in [-0.15, -0.1) is 0 Å². The van der Waals surface area contributed by atoms with Crippen LogP contribution in [-0.4, -0.2) is 22.3 Å². The second-order valence-electron chi connectivity index (χ2n) is 6.84. The SMILES string of the molecule is CCCC(C)(C)Oc1ccc(C(=O)OC(C)(CC)CC)c(O)c1. The number of aromatic hydroxyl groups is 1. The van der Waals surface area contributed by atoms with Gasteiger partial charge in [0.15, 0.2) is 0 Å². The molecule has 0 aliphatic rings. The van der Waals surface area contributed by atoms with Gasteiger partial charge in [0.2, 0.25) is 0 Å². The van der Waals surface area contributed by atoms with Crippen molar-refractivity contribution < 1.29 is 19.4 Å². The molecule has 130 valence electrons. The first kappa shape index (κ1) is 19.3. The minimum absolute atomic E-state index is 0.116. The average Bonchev–Trinajstić information content (AvgIpc) is 2.46. The molecule has 0 bridgehead atoms. The third-order valence-corrected chi connectivity index (χ3v) is 4.27. The molecule has 0 aliphatic heterocycles. The van der Waals surface area contributed by atoms with Crippen molar-refractivity contribution in [3.63, 3.8) is 0 Å². The third kappa shape index (κ3) is 5.45. The number of hydrogen-bond donors (Lipinski definition) is 1. The van der Waals surface area contributed by atoms with Crippen LogP contribution in [0.1, 0.15) is 77.6 Å². The van der Waals surface area contributed by atoms with Crippen molar-refractivity contribution >= 4 is 5.97 Å². The van der Waals surface area contributed by atoms with Gasteiger partial charge in [0.25, 0.3) is 0 Å². The van der Waals surface area contributed by atoms with Gasteiger partial charge in [0.05, 0.1) is 0 Å². The molecule has 0 spiro atoms. The van der Waals surface area contributed by atoms with E-state index in [0.717, 1.165) is 25.7 Å². The molecule has 0 fully saturated rings. The van der Waals surface area contributed by atoms with Crippen LogP contribution in [0.25, 0.3) is 0 Å². The third-order valence-electron chi connectivity index (χ3n) is 4.27. The maximum absolute atomic E-state index is 12.3. The van der Waals surface area contributed by atoms with E-state index in [1.807, 2.05) is 34.6 Å². The van der Waals surface area contributed by atoms with Gasteiger partial charge >= 0.3 is 5.97 Å². The van der Waals surface area contributed by atoms with Gasteiger partial charge in [-0.25, -0.2) is 4.79 Å². The first-order valence-electron chi connectivity index (χ1n) is 8.41. The number of hydrogen-bond acceptors (Lipinski definition) is 4. The molecule has 4 heteroatoms. The summed E-state index contributed by atoms with van der Waals surface area (Å²) < 4.78 is 11.4. The molecule has 0 heterocycles. The highest BCUT2D eigenvalue weighted by atomic mass is 16.6. The molecule has 1 N–H and O–H groups in total. The second-order valence-corrected chi connectivity index (χ2v) is 6.84. The quantitative estimate of drug-likeness (QED) is 0.678. The highest BCUT2D eigenvalue weighted by Crippen LogP contribution is 2.30. The number of ether oxygens (including phenoxy) is 2. The van der Waals surface area contributed by atoms with Gasteiger partial charge in [-0.1, -0.05) is 27.2 Å². The number of phenols is 1. The van der Waals surface area contributed by atoms with E-state index in [1.54, 1.807) is 12.1 Å². The van der Waals surface area contributed by atoms with E-state index >= 15 is 0 Å². The first-order valence-corrected chi connectivity index (χ1v) is 8.41. The van der Waals surface area contributed by atoms with Crippen molar-refractivity contribution in [3.05, 3.63) is 23.8 Å². The minimum atomic E-state index is -0.512. The average molecular weight is 322 g/mol. The van der Waals surface area contributed by atoms with E-state index in [-0.39, 0.29) is 16.9 Å². The second kappa shape index (κ2) is 7.71. The maximum Gasteiger partial charge on any atom is 0.342 e. The minimum Gasteiger partial charge on any atom is -0.507 e. The number of esters is 1. The molecule has 1 aromatic carbocycles. The molecule has 0 aromatic heterocycles. The molecule has 0 amide bonds. The van der Waals surface area contributed by atoms with Crippen LogP contribution in [-0.2, 0) is 4.74 Å². The Morgan fingerprint density at radius 1 is 1.13 bits per heavy atom. The number of carbonyl (C=O) groups is 1. The monoisotopic (exact) mass is 322 g/mol. The van der Waals surface area contributed by atoms with Gasteiger partial charge in [-0.05, 0) is 52.2 Å². The predicted molar refractivity (Wildman–Crippen MR) is 92.1 cm³/mol. The van der Waals surface area contributed by atoms with Crippen LogP contribution in [0.5, 0.6) is 11.5 Å². The molecule has 0 aliphatic carbocycles. The molecule has 0 saturated heterocycles. The van der Waals surface area contributed by atoms with Gasteiger partial charge < -0.3 is 14.6 Å². The Morgan fingerprint density at radius 3 is 2.22 bits per heavy atom. The van der Waals surface area contributed by atoms with Crippen LogP contribution in [0.2, 0.25) is 0 Å². The van der Waals surface area contributed by atoms with Crippen LogP contribution in [0.15, 0.2) is 18.2 Å². The smallest absolute Gasteiger partial charge is 0.342 e. The van der Waals surface area contributed by atoms with E-state index in [0.29, 0.717) is 5.75 Å². The normalized spacial score (nSPS) is 12.1. The van der Waals surface area contributed by atoms with Crippen molar-refractivity contribution in [2.45, 2.75) is 78.4 Å². The fourth-order valence-corrected chi connectivity index (χ4v) is 2.39. The molecule has 0 unspecified atom stereocenters. The van der Waals surface area contributed by atoms with Crippen molar-refractivity contribution in [1.29, 1.82) is 0 Å². The summed E-state index contributed by atoms with van der Waals surface area (Å²) in [6, 6.07) is 4.73. The van der Waals surface area contributed by atoms with Crippen molar-refractivity contribution in [2.24, 2.45) is 0 Å². The zero-order chi connectivity index (χ0) is 17.7. The molecule has 1 aromatic rings. The van der Waals surface area contributed by atoms with Gasteiger partial charge in [-0.2, -0.15) is 0 Å². The van der Waals surface area contributed by atoms with Gasteiger partial charge in [0.1, 0.15) is 28.3 Å². The van der Waals surface area contributed by atoms with E-state index < -0.39 is 11.6 Å². The number of carbonyl (C=O) groups excluding carboxylic acids is 1. The van der Waals surface area contributed by atoms with Gasteiger partial charge in [0, 0.05) is 6.07 Å². The van der Waals surface area contributed by atoms with Gasteiger partial charge in [-0.3, -0.25) is 0 Å². The predicted octanol–water partition coefficient (Wildman–Crippen LogP) is 5.09. The Hall–Kier alpha value is -1.71. The van der Waals surface area contributed by atoms with Crippen LogP contribution in [0.4, 0.5) is 0 Å². The summed E-state index contributed by atoms with van der Waals surface area (Å²) in [5.41, 5.74) is -0.660. The van der Waals surface area contributed by atoms with E-state index in [1.165, 1.54) is 6.07 Å².